The van der Waals surface area contributed by atoms with E-state index in [-0.39, 0.29) is 36.8 Å². The van der Waals surface area contributed by atoms with Gasteiger partial charge in [0.2, 0.25) is 0 Å². The molecule has 2 heterocycles. The van der Waals surface area contributed by atoms with Gasteiger partial charge in [-0.2, -0.15) is 5.26 Å². The summed E-state index contributed by atoms with van der Waals surface area (Å²) >= 11 is 0. The third kappa shape index (κ3) is 6.81. The molecule has 1 aliphatic heterocycles. The summed E-state index contributed by atoms with van der Waals surface area (Å²) in [4.78, 5) is 22.1. The minimum absolute atomic E-state index is 0. The number of hydrogen-bond donors (Lipinski definition) is 0. The van der Waals surface area contributed by atoms with Crippen molar-refractivity contribution >= 4 is 30.7 Å². The molecule has 8 heteroatoms. The van der Waals surface area contributed by atoms with Crippen LogP contribution >= 0.6 is 24.8 Å². The highest BCUT2D eigenvalue weighted by Crippen LogP contribution is 2.29. The molecule has 0 aliphatic carbocycles. The average molecular weight is 549 g/mol. The summed E-state index contributed by atoms with van der Waals surface area (Å²) in [7, 11) is 0. The zero-order valence-electron chi connectivity index (χ0n) is 21.0. The molecule has 0 N–H and O–H groups in total. The number of amides is 1. The fourth-order valence-electron chi connectivity index (χ4n) is 4.90. The Bertz CT molecular complexity index is 1340. The van der Waals surface area contributed by atoms with Gasteiger partial charge in [-0.25, -0.2) is 4.98 Å². The normalized spacial score (nSPS) is 15.4. The third-order valence-corrected chi connectivity index (χ3v) is 6.86. The largest absolute Gasteiger partial charge is 0.337 e. The van der Waals surface area contributed by atoms with Crippen molar-refractivity contribution in [2.45, 2.75) is 25.6 Å². The molecule has 1 aliphatic rings. The van der Waals surface area contributed by atoms with Crippen molar-refractivity contribution in [1.29, 1.82) is 5.26 Å². The monoisotopic (exact) mass is 547 g/mol. The number of carbonyl (C=O) groups excluding carboxylic acids is 1. The number of halogens is 2. The van der Waals surface area contributed by atoms with Gasteiger partial charge in [-0.05, 0) is 41.8 Å². The van der Waals surface area contributed by atoms with Crippen molar-refractivity contribution < 1.29 is 4.79 Å². The molecule has 0 radical (unpaired) electrons. The summed E-state index contributed by atoms with van der Waals surface area (Å²) in [5.41, 5.74) is 4.92. The van der Waals surface area contributed by atoms with E-state index < -0.39 is 0 Å². The summed E-state index contributed by atoms with van der Waals surface area (Å²) in [6.07, 6.45) is 4.67. The van der Waals surface area contributed by atoms with E-state index in [2.05, 4.69) is 44.8 Å². The van der Waals surface area contributed by atoms with Gasteiger partial charge in [-0.15, -0.1) is 24.8 Å². The van der Waals surface area contributed by atoms with E-state index in [0.717, 1.165) is 36.3 Å². The molecule has 4 aromatic rings. The zero-order valence-corrected chi connectivity index (χ0v) is 22.7. The van der Waals surface area contributed by atoms with Crippen LogP contribution in [0.3, 0.4) is 0 Å². The average Bonchev–Trinajstić information content (AvgIpc) is 3.25. The molecule has 38 heavy (non-hydrogen) atoms. The first-order chi connectivity index (χ1) is 17.7. The van der Waals surface area contributed by atoms with Gasteiger partial charge in [0, 0.05) is 50.5 Å². The molecule has 6 nitrogen and oxygen atoms in total. The lowest BCUT2D eigenvalue weighted by molar-refractivity contribution is 0.0761. The van der Waals surface area contributed by atoms with Crippen LogP contribution in [-0.2, 0) is 13.1 Å². The quantitative estimate of drug-likeness (QED) is 0.309. The van der Waals surface area contributed by atoms with Crippen molar-refractivity contribution in [3.05, 3.63) is 125 Å². The van der Waals surface area contributed by atoms with Crippen LogP contribution in [0.15, 0.2) is 97.5 Å². The molecule has 1 aromatic heterocycles. The maximum Gasteiger partial charge on any atom is 0.253 e. The van der Waals surface area contributed by atoms with Gasteiger partial charge in [0.1, 0.15) is 0 Å². The van der Waals surface area contributed by atoms with Gasteiger partial charge in [0.25, 0.3) is 5.91 Å². The van der Waals surface area contributed by atoms with Crippen molar-refractivity contribution in [1.82, 2.24) is 19.4 Å². The molecule has 5 rings (SSSR count). The minimum Gasteiger partial charge on any atom is -0.337 e. The second kappa shape index (κ2) is 13.8. The molecular formula is C30H31Cl2N5O. The Morgan fingerprint density at radius 3 is 2.24 bits per heavy atom. The summed E-state index contributed by atoms with van der Waals surface area (Å²) in [6, 6.07) is 30.2. The number of benzene rings is 3. The number of imidazole rings is 1. The van der Waals surface area contributed by atoms with E-state index in [4.69, 9.17) is 5.26 Å². The van der Waals surface area contributed by atoms with E-state index in [1.165, 1.54) is 5.56 Å². The SMILES string of the molecule is Cl.Cl.N#Cc1ccc(Cn2cncc2CN2CCN(C(=O)c3ccccc3)CCC2c2ccccc2)cc1. The van der Waals surface area contributed by atoms with Crippen molar-refractivity contribution in [2.24, 2.45) is 0 Å². The third-order valence-electron chi connectivity index (χ3n) is 6.86. The first-order valence-electron chi connectivity index (χ1n) is 12.3. The topological polar surface area (TPSA) is 65.2 Å². The van der Waals surface area contributed by atoms with Gasteiger partial charge in [0.05, 0.1) is 23.7 Å². The molecule has 1 fully saturated rings. The van der Waals surface area contributed by atoms with Crippen LogP contribution in [0.4, 0.5) is 0 Å². The lowest BCUT2D eigenvalue weighted by Crippen LogP contribution is -2.35. The zero-order chi connectivity index (χ0) is 24.7. The molecule has 0 saturated carbocycles. The molecule has 196 valence electrons. The maximum absolute atomic E-state index is 13.2. The molecule has 0 bridgehead atoms. The molecule has 1 saturated heterocycles. The van der Waals surface area contributed by atoms with Crippen LogP contribution in [0.1, 0.15) is 45.2 Å². The highest BCUT2D eigenvalue weighted by atomic mass is 35.5. The van der Waals surface area contributed by atoms with Crippen LogP contribution in [0.2, 0.25) is 0 Å². The Kier molecular flexibility index (Phi) is 10.5. The van der Waals surface area contributed by atoms with Crippen LogP contribution in [0.5, 0.6) is 0 Å². The maximum atomic E-state index is 13.2. The molecule has 1 unspecified atom stereocenters. The van der Waals surface area contributed by atoms with E-state index in [1.807, 2.05) is 78.1 Å². The fourth-order valence-corrected chi connectivity index (χ4v) is 4.90. The Balaban J connectivity index is 0.00000200. The first kappa shape index (κ1) is 28.9. The Hall–Kier alpha value is -3.63. The summed E-state index contributed by atoms with van der Waals surface area (Å²) in [6.45, 7) is 3.61. The Morgan fingerprint density at radius 2 is 1.55 bits per heavy atom. The molecule has 1 atom stereocenters. The van der Waals surface area contributed by atoms with E-state index in [9.17, 15) is 4.79 Å². The van der Waals surface area contributed by atoms with Gasteiger partial charge >= 0.3 is 0 Å². The highest BCUT2D eigenvalue weighted by molar-refractivity contribution is 5.94. The van der Waals surface area contributed by atoms with E-state index >= 15 is 0 Å². The molecular weight excluding hydrogens is 517 g/mol. The number of nitriles is 1. The first-order valence-corrected chi connectivity index (χ1v) is 12.3. The van der Waals surface area contributed by atoms with Crippen molar-refractivity contribution in [2.75, 3.05) is 19.6 Å². The number of carbonyl (C=O) groups is 1. The van der Waals surface area contributed by atoms with Crippen molar-refractivity contribution in [3.8, 4) is 6.07 Å². The standard InChI is InChI=1S/C30H29N5O.2ClH/c31-19-24-11-13-25(14-12-24)21-35-23-32-20-28(35)22-34-18-17-33(30(36)27-9-5-2-6-10-27)16-15-29(34)26-7-3-1-4-8-26;;/h1-14,20,23,29H,15-18,21-22H2;2*1H. The van der Waals surface area contributed by atoms with Gasteiger partial charge in [0.15, 0.2) is 0 Å². The minimum atomic E-state index is 0. The van der Waals surface area contributed by atoms with Crippen LogP contribution in [-0.4, -0.2) is 44.9 Å². The van der Waals surface area contributed by atoms with Gasteiger partial charge in [-0.3, -0.25) is 9.69 Å². The summed E-state index contributed by atoms with van der Waals surface area (Å²) in [5.74, 6) is 0.0927. The molecule has 1 amide bonds. The summed E-state index contributed by atoms with van der Waals surface area (Å²) < 4.78 is 2.17. The smallest absolute Gasteiger partial charge is 0.253 e. The number of aromatic nitrogens is 2. The summed E-state index contributed by atoms with van der Waals surface area (Å²) in [5, 5.41) is 9.08. The number of rotatable bonds is 6. The van der Waals surface area contributed by atoms with E-state index in [1.54, 1.807) is 0 Å². The molecule has 0 spiro atoms. The second-order valence-corrected chi connectivity index (χ2v) is 9.17. The number of hydrogen-bond acceptors (Lipinski definition) is 4. The number of nitrogens with zero attached hydrogens (tertiary/aromatic N) is 5. The van der Waals surface area contributed by atoms with Gasteiger partial charge < -0.3 is 9.47 Å². The van der Waals surface area contributed by atoms with E-state index in [0.29, 0.717) is 25.2 Å². The van der Waals surface area contributed by atoms with Crippen LogP contribution in [0, 0.1) is 11.3 Å². The predicted octanol–water partition coefficient (Wildman–Crippen LogP) is 5.74. The van der Waals surface area contributed by atoms with Crippen LogP contribution in [0.25, 0.3) is 0 Å². The highest BCUT2D eigenvalue weighted by Gasteiger charge is 2.28. The predicted molar refractivity (Wildman–Crippen MR) is 154 cm³/mol. The van der Waals surface area contributed by atoms with Crippen LogP contribution < -0.4 is 0 Å². The van der Waals surface area contributed by atoms with Crippen molar-refractivity contribution in [3.63, 3.8) is 0 Å². The Morgan fingerprint density at radius 1 is 0.868 bits per heavy atom. The van der Waals surface area contributed by atoms with Gasteiger partial charge in [-0.1, -0.05) is 60.7 Å². The lowest BCUT2D eigenvalue weighted by atomic mass is 10.0. The lowest BCUT2D eigenvalue weighted by Gasteiger charge is -2.30. The fraction of sp³-hybridized carbons (Fsp3) is 0.233. The Labute approximate surface area is 236 Å². The molecule has 3 aromatic carbocycles. The second-order valence-electron chi connectivity index (χ2n) is 9.17.